The van der Waals surface area contributed by atoms with Crippen LogP contribution in [0.5, 0.6) is 5.75 Å². The molecule has 4 aromatic rings. The molecule has 0 atom stereocenters. The lowest BCUT2D eigenvalue weighted by Gasteiger charge is -2.10. The molecule has 0 aliphatic carbocycles. The van der Waals surface area contributed by atoms with Gasteiger partial charge in [0, 0.05) is 6.20 Å². The zero-order valence-corrected chi connectivity index (χ0v) is 15.2. The summed E-state index contributed by atoms with van der Waals surface area (Å²) in [5, 5.41) is 0. The Bertz CT molecular complexity index is 1110. The fraction of sp³-hybridized carbons (Fsp3) is 0.0435. The highest BCUT2D eigenvalue weighted by atomic mass is 16.5. The maximum Gasteiger partial charge on any atom is 0.168 e. The van der Waals surface area contributed by atoms with E-state index in [1.54, 1.807) is 25.4 Å². The highest BCUT2D eigenvalue weighted by Gasteiger charge is 2.11. The van der Waals surface area contributed by atoms with Crippen LogP contribution in [0.4, 0.5) is 0 Å². The number of carbonyl (C=O) groups is 1. The lowest BCUT2D eigenvalue weighted by molar-refractivity contribution is 0.111. The van der Waals surface area contributed by atoms with Crippen LogP contribution in [0.15, 0.2) is 79.0 Å². The van der Waals surface area contributed by atoms with Crippen LogP contribution >= 0.6 is 0 Å². The standard InChI is InChI=1S/C23H17N3O2/c1-28-19-10-8-16(9-11-19)17-13-22(20-6-2-3-12-24-20)26-23(14-17)21-7-4-5-18(15-27)25-21/h2-15H,1H3. The Hall–Kier alpha value is -3.86. The van der Waals surface area contributed by atoms with Gasteiger partial charge in [0.05, 0.1) is 29.9 Å². The Morgan fingerprint density at radius 2 is 1.50 bits per heavy atom. The number of methoxy groups -OCH3 is 1. The van der Waals surface area contributed by atoms with E-state index in [-0.39, 0.29) is 0 Å². The van der Waals surface area contributed by atoms with E-state index in [4.69, 9.17) is 9.72 Å². The Morgan fingerprint density at radius 1 is 0.750 bits per heavy atom. The maximum absolute atomic E-state index is 11.1. The molecule has 136 valence electrons. The van der Waals surface area contributed by atoms with Crippen molar-refractivity contribution in [3.63, 3.8) is 0 Å². The highest BCUT2D eigenvalue weighted by Crippen LogP contribution is 2.29. The molecule has 0 saturated heterocycles. The number of carbonyl (C=O) groups excluding carboxylic acids is 1. The second kappa shape index (κ2) is 7.80. The van der Waals surface area contributed by atoms with Gasteiger partial charge in [-0.05, 0) is 59.7 Å². The summed E-state index contributed by atoms with van der Waals surface area (Å²) in [4.78, 5) is 24.7. The minimum Gasteiger partial charge on any atom is -0.497 e. The Kier molecular flexibility index (Phi) is 4.89. The van der Waals surface area contributed by atoms with Crippen molar-refractivity contribution < 1.29 is 9.53 Å². The predicted octanol–water partition coefficient (Wildman–Crippen LogP) is 4.69. The predicted molar refractivity (Wildman–Crippen MR) is 108 cm³/mol. The number of hydrogen-bond acceptors (Lipinski definition) is 5. The Balaban J connectivity index is 1.88. The van der Waals surface area contributed by atoms with Crippen LogP contribution in [0, 0.1) is 0 Å². The van der Waals surface area contributed by atoms with Crippen LogP contribution in [0.3, 0.4) is 0 Å². The molecule has 0 bridgehead atoms. The average molecular weight is 367 g/mol. The van der Waals surface area contributed by atoms with Crippen LogP contribution in [-0.4, -0.2) is 28.3 Å². The first kappa shape index (κ1) is 17.5. The van der Waals surface area contributed by atoms with Gasteiger partial charge in [-0.3, -0.25) is 9.78 Å². The summed E-state index contributed by atoms with van der Waals surface area (Å²) in [6, 6.07) is 22.8. The molecular weight excluding hydrogens is 350 g/mol. The molecule has 3 aromatic heterocycles. The third-order valence-electron chi connectivity index (χ3n) is 4.33. The molecule has 0 aliphatic rings. The molecule has 28 heavy (non-hydrogen) atoms. The molecule has 0 radical (unpaired) electrons. The molecular formula is C23H17N3O2. The summed E-state index contributed by atoms with van der Waals surface area (Å²) < 4.78 is 5.25. The summed E-state index contributed by atoms with van der Waals surface area (Å²) >= 11 is 0. The number of rotatable bonds is 5. The Morgan fingerprint density at radius 3 is 2.18 bits per heavy atom. The third kappa shape index (κ3) is 3.64. The smallest absolute Gasteiger partial charge is 0.168 e. The van der Waals surface area contributed by atoms with Crippen molar-refractivity contribution in [2.24, 2.45) is 0 Å². The average Bonchev–Trinajstić information content (AvgIpc) is 2.79. The fourth-order valence-electron chi connectivity index (χ4n) is 2.92. The first-order chi connectivity index (χ1) is 13.8. The molecule has 5 nitrogen and oxygen atoms in total. The molecule has 0 amide bonds. The fourth-order valence-corrected chi connectivity index (χ4v) is 2.92. The van der Waals surface area contributed by atoms with Crippen LogP contribution in [0.25, 0.3) is 33.9 Å². The van der Waals surface area contributed by atoms with E-state index < -0.39 is 0 Å². The van der Waals surface area contributed by atoms with Crippen molar-refractivity contribution in [1.29, 1.82) is 0 Å². The van der Waals surface area contributed by atoms with E-state index in [1.807, 2.05) is 60.7 Å². The van der Waals surface area contributed by atoms with Gasteiger partial charge in [-0.2, -0.15) is 0 Å². The van der Waals surface area contributed by atoms with Crippen molar-refractivity contribution >= 4 is 6.29 Å². The van der Waals surface area contributed by atoms with Crippen LogP contribution < -0.4 is 4.74 Å². The number of aldehydes is 1. The monoisotopic (exact) mass is 367 g/mol. The van der Waals surface area contributed by atoms with Gasteiger partial charge in [0.15, 0.2) is 6.29 Å². The van der Waals surface area contributed by atoms with E-state index in [9.17, 15) is 4.79 Å². The van der Waals surface area contributed by atoms with Crippen molar-refractivity contribution in [3.05, 3.63) is 84.7 Å². The molecule has 0 saturated carbocycles. The van der Waals surface area contributed by atoms with Crippen LogP contribution in [0.2, 0.25) is 0 Å². The largest absolute Gasteiger partial charge is 0.497 e. The molecule has 3 heterocycles. The van der Waals surface area contributed by atoms with Gasteiger partial charge >= 0.3 is 0 Å². The Labute approximate surface area is 162 Å². The summed E-state index contributed by atoms with van der Waals surface area (Å²) in [6.07, 6.45) is 2.47. The van der Waals surface area contributed by atoms with Crippen molar-refractivity contribution in [2.45, 2.75) is 0 Å². The number of ether oxygens (including phenoxy) is 1. The van der Waals surface area contributed by atoms with Crippen LogP contribution in [0.1, 0.15) is 10.5 Å². The second-order valence-corrected chi connectivity index (χ2v) is 6.14. The zero-order chi connectivity index (χ0) is 19.3. The van der Waals surface area contributed by atoms with Gasteiger partial charge in [-0.15, -0.1) is 0 Å². The lowest BCUT2D eigenvalue weighted by Crippen LogP contribution is -1.96. The van der Waals surface area contributed by atoms with Gasteiger partial charge in [-0.1, -0.05) is 24.3 Å². The quantitative estimate of drug-likeness (QED) is 0.479. The second-order valence-electron chi connectivity index (χ2n) is 6.14. The lowest BCUT2D eigenvalue weighted by atomic mass is 10.0. The molecule has 5 heteroatoms. The molecule has 0 N–H and O–H groups in total. The molecule has 1 aromatic carbocycles. The molecule has 0 spiro atoms. The number of benzene rings is 1. The van der Waals surface area contributed by atoms with Gasteiger partial charge in [-0.25, -0.2) is 9.97 Å². The highest BCUT2D eigenvalue weighted by molar-refractivity contribution is 5.77. The summed E-state index contributed by atoms with van der Waals surface area (Å²) in [6.45, 7) is 0. The summed E-state index contributed by atoms with van der Waals surface area (Å²) in [5.41, 5.74) is 5.19. The normalized spacial score (nSPS) is 10.5. The van der Waals surface area contributed by atoms with Crippen molar-refractivity contribution in [2.75, 3.05) is 7.11 Å². The van der Waals surface area contributed by atoms with Crippen LogP contribution in [-0.2, 0) is 0 Å². The minimum absolute atomic E-state index is 0.369. The maximum atomic E-state index is 11.1. The SMILES string of the molecule is COc1ccc(-c2cc(-c3ccccn3)nc(-c3cccc(C=O)n3)c2)cc1. The van der Waals surface area contributed by atoms with E-state index in [0.29, 0.717) is 17.1 Å². The molecule has 0 fully saturated rings. The van der Waals surface area contributed by atoms with Gasteiger partial charge in [0.1, 0.15) is 11.4 Å². The van der Waals surface area contributed by atoms with E-state index in [0.717, 1.165) is 34.6 Å². The summed E-state index contributed by atoms with van der Waals surface area (Å²) in [5.74, 6) is 0.795. The topological polar surface area (TPSA) is 65.0 Å². The van der Waals surface area contributed by atoms with Crippen molar-refractivity contribution in [3.8, 4) is 39.7 Å². The molecule has 0 unspecified atom stereocenters. The number of nitrogens with zero attached hydrogens (tertiary/aromatic N) is 3. The first-order valence-electron chi connectivity index (χ1n) is 8.77. The third-order valence-corrected chi connectivity index (χ3v) is 4.33. The molecule has 4 rings (SSSR count). The number of hydrogen-bond donors (Lipinski definition) is 0. The van der Waals surface area contributed by atoms with Gasteiger partial charge in [0.2, 0.25) is 0 Å². The van der Waals surface area contributed by atoms with E-state index in [2.05, 4.69) is 9.97 Å². The summed E-state index contributed by atoms with van der Waals surface area (Å²) in [7, 11) is 1.64. The number of pyridine rings is 3. The number of aromatic nitrogens is 3. The van der Waals surface area contributed by atoms with E-state index >= 15 is 0 Å². The zero-order valence-electron chi connectivity index (χ0n) is 15.2. The van der Waals surface area contributed by atoms with Crippen molar-refractivity contribution in [1.82, 2.24) is 15.0 Å². The van der Waals surface area contributed by atoms with Gasteiger partial charge < -0.3 is 4.74 Å². The first-order valence-corrected chi connectivity index (χ1v) is 8.77. The van der Waals surface area contributed by atoms with Gasteiger partial charge in [0.25, 0.3) is 0 Å². The minimum atomic E-state index is 0.369. The van der Waals surface area contributed by atoms with E-state index in [1.165, 1.54) is 0 Å². The molecule has 0 aliphatic heterocycles.